The van der Waals surface area contributed by atoms with E-state index in [1.54, 1.807) is 19.2 Å². The van der Waals surface area contributed by atoms with Crippen LogP contribution < -0.4 is 4.74 Å². The number of nitrogens with one attached hydrogen (secondary N) is 1. The van der Waals surface area contributed by atoms with E-state index in [4.69, 9.17) is 4.74 Å². The first kappa shape index (κ1) is 22.9. The molecule has 3 heterocycles. The lowest BCUT2D eigenvalue weighted by atomic mass is 9.73. The number of hydrogen-bond acceptors (Lipinski definition) is 5. The van der Waals surface area contributed by atoms with Gasteiger partial charge in [0.05, 0.1) is 24.2 Å². The molecule has 2 aliphatic rings. The fraction of sp³-hybridized carbons (Fsp3) is 0.423. The van der Waals surface area contributed by atoms with Crippen molar-refractivity contribution in [3.8, 4) is 5.75 Å². The molecule has 2 atom stereocenters. The van der Waals surface area contributed by atoms with Crippen molar-refractivity contribution in [2.45, 2.75) is 38.8 Å². The van der Waals surface area contributed by atoms with Crippen LogP contribution in [0.4, 0.5) is 0 Å². The van der Waals surface area contributed by atoms with Gasteiger partial charge in [-0.25, -0.2) is 13.2 Å². The molecular formula is C26H30N2O5S. The number of H-pyrrole nitrogens is 1. The molecule has 2 aromatic carbocycles. The van der Waals surface area contributed by atoms with Crippen LogP contribution in [0.2, 0.25) is 0 Å². The molecule has 3 aromatic rings. The SMILES string of the molecule is COc1cc(C)c2[nH]ccc2c1CN1CCC2(CCS(=O)(=O)C2)C[C@H]1c1ccc(C(=O)O)cc1. The summed E-state index contributed by atoms with van der Waals surface area (Å²) in [5, 5.41) is 10.4. The van der Waals surface area contributed by atoms with Gasteiger partial charge in [-0.3, -0.25) is 4.90 Å². The maximum absolute atomic E-state index is 12.4. The molecule has 0 radical (unpaired) electrons. The number of nitrogens with zero attached hydrogens (tertiary/aromatic N) is 1. The highest BCUT2D eigenvalue weighted by Crippen LogP contribution is 2.49. The van der Waals surface area contributed by atoms with E-state index in [2.05, 4.69) is 28.9 Å². The van der Waals surface area contributed by atoms with Crippen molar-refractivity contribution in [2.24, 2.45) is 5.41 Å². The minimum atomic E-state index is -3.01. The number of fused-ring (bicyclic) bond motifs is 1. The summed E-state index contributed by atoms with van der Waals surface area (Å²) in [7, 11) is -1.32. The summed E-state index contributed by atoms with van der Waals surface area (Å²) >= 11 is 0. The molecule has 0 aliphatic carbocycles. The molecule has 1 aromatic heterocycles. The van der Waals surface area contributed by atoms with E-state index in [1.165, 1.54) is 0 Å². The Hall–Kier alpha value is -2.84. The highest BCUT2D eigenvalue weighted by Gasteiger charge is 2.47. The predicted octanol–water partition coefficient (Wildman–Crippen LogP) is 4.33. The molecule has 2 N–H and O–H groups in total. The van der Waals surface area contributed by atoms with Gasteiger partial charge in [0.1, 0.15) is 5.75 Å². The fourth-order valence-corrected chi connectivity index (χ4v) is 8.10. The molecule has 0 saturated carbocycles. The second-order valence-corrected chi connectivity index (χ2v) is 12.0. The van der Waals surface area contributed by atoms with E-state index < -0.39 is 15.8 Å². The number of aryl methyl sites for hydroxylation is 1. The molecule has 180 valence electrons. The van der Waals surface area contributed by atoms with Crippen molar-refractivity contribution in [3.63, 3.8) is 0 Å². The number of likely N-dealkylation sites (tertiary alicyclic amines) is 1. The topological polar surface area (TPSA) is 99.7 Å². The smallest absolute Gasteiger partial charge is 0.335 e. The van der Waals surface area contributed by atoms with E-state index in [0.717, 1.165) is 52.7 Å². The van der Waals surface area contributed by atoms with Crippen molar-refractivity contribution in [1.29, 1.82) is 0 Å². The standard InChI is InChI=1S/C26H30N2O5S/c1-17-13-23(33-2)21(20-7-10-27-24(17)20)15-28-11-8-26(9-12-34(31,32)16-26)14-22(28)18-3-5-19(6-4-18)25(29)30/h3-7,10,13,22,27H,8-9,11-12,14-16H2,1-2H3,(H,29,30)/t22-,26?/m0/s1. The minimum Gasteiger partial charge on any atom is -0.496 e. The van der Waals surface area contributed by atoms with Crippen LogP contribution in [0, 0.1) is 12.3 Å². The molecule has 8 heteroatoms. The average Bonchev–Trinajstić information content (AvgIpc) is 3.42. The van der Waals surface area contributed by atoms with Crippen LogP contribution in [0.1, 0.15) is 52.4 Å². The number of ether oxygens (including phenoxy) is 1. The third-order valence-corrected chi connectivity index (χ3v) is 9.58. The summed E-state index contributed by atoms with van der Waals surface area (Å²) < 4.78 is 30.5. The molecule has 0 amide bonds. The molecule has 34 heavy (non-hydrogen) atoms. The predicted molar refractivity (Wildman–Crippen MR) is 131 cm³/mol. The Morgan fingerprint density at radius 3 is 2.65 bits per heavy atom. The third kappa shape index (κ3) is 4.09. The Balaban J connectivity index is 1.53. The zero-order valence-corrected chi connectivity index (χ0v) is 20.3. The number of aromatic nitrogens is 1. The number of carbonyl (C=O) groups is 1. The first-order valence-electron chi connectivity index (χ1n) is 11.6. The molecular weight excluding hydrogens is 452 g/mol. The molecule has 5 rings (SSSR count). The van der Waals surface area contributed by atoms with Gasteiger partial charge in [0, 0.05) is 35.2 Å². The van der Waals surface area contributed by atoms with Crippen LogP contribution in [0.5, 0.6) is 5.75 Å². The molecule has 7 nitrogen and oxygen atoms in total. The number of benzene rings is 2. The van der Waals surface area contributed by atoms with Crippen molar-refractivity contribution >= 4 is 26.7 Å². The second-order valence-electron chi connectivity index (χ2n) is 9.85. The summed E-state index contributed by atoms with van der Waals surface area (Å²) in [5.74, 6) is 0.388. The number of sulfone groups is 1. The number of hydrogen-bond donors (Lipinski definition) is 2. The van der Waals surface area contributed by atoms with Gasteiger partial charge in [-0.05, 0) is 73.5 Å². The lowest BCUT2D eigenvalue weighted by Gasteiger charge is -2.45. The Labute approximate surface area is 199 Å². The van der Waals surface area contributed by atoms with E-state index in [0.29, 0.717) is 13.0 Å². The molecule has 2 fully saturated rings. The first-order valence-corrected chi connectivity index (χ1v) is 13.4. The van der Waals surface area contributed by atoms with Gasteiger partial charge < -0.3 is 14.8 Å². The molecule has 1 unspecified atom stereocenters. The van der Waals surface area contributed by atoms with Crippen LogP contribution in [-0.2, 0) is 16.4 Å². The number of carboxylic acids is 1. The maximum Gasteiger partial charge on any atom is 0.335 e. The highest BCUT2D eigenvalue weighted by atomic mass is 32.2. The molecule has 2 saturated heterocycles. The average molecular weight is 483 g/mol. The van der Waals surface area contributed by atoms with E-state index >= 15 is 0 Å². The van der Waals surface area contributed by atoms with E-state index in [-0.39, 0.29) is 28.5 Å². The number of piperidine rings is 1. The number of carboxylic acid groups (broad SMARTS) is 1. The van der Waals surface area contributed by atoms with Gasteiger partial charge in [-0.15, -0.1) is 0 Å². The van der Waals surface area contributed by atoms with Gasteiger partial charge in [0.15, 0.2) is 9.84 Å². The van der Waals surface area contributed by atoms with E-state index in [1.807, 2.05) is 18.3 Å². The minimum absolute atomic E-state index is 0.00936. The largest absolute Gasteiger partial charge is 0.496 e. The van der Waals surface area contributed by atoms with Gasteiger partial charge in [0.25, 0.3) is 0 Å². The molecule has 1 spiro atoms. The number of methoxy groups -OCH3 is 1. The third-order valence-electron chi connectivity index (χ3n) is 7.70. The fourth-order valence-electron chi connectivity index (χ4n) is 5.87. The number of rotatable bonds is 5. The van der Waals surface area contributed by atoms with Crippen LogP contribution in [0.15, 0.2) is 42.6 Å². The summed E-state index contributed by atoms with van der Waals surface area (Å²) in [6.07, 6.45) is 4.21. The summed E-state index contributed by atoms with van der Waals surface area (Å²) in [6.45, 7) is 3.49. The lowest BCUT2D eigenvalue weighted by molar-refractivity contribution is 0.0568. The Bertz CT molecular complexity index is 1350. The maximum atomic E-state index is 12.4. The van der Waals surface area contributed by atoms with Crippen LogP contribution in [-0.4, -0.2) is 54.5 Å². The molecule has 0 bridgehead atoms. The zero-order chi connectivity index (χ0) is 24.1. The Kier molecular flexibility index (Phi) is 5.68. The Morgan fingerprint density at radius 2 is 2.00 bits per heavy atom. The number of aromatic carboxylic acids is 1. The van der Waals surface area contributed by atoms with Gasteiger partial charge in [-0.1, -0.05) is 12.1 Å². The van der Waals surface area contributed by atoms with E-state index in [9.17, 15) is 18.3 Å². The lowest BCUT2D eigenvalue weighted by Crippen LogP contribution is -2.42. The summed E-state index contributed by atoms with van der Waals surface area (Å²) in [6, 6.07) is 11.2. The second kappa shape index (κ2) is 8.43. The van der Waals surface area contributed by atoms with Crippen LogP contribution in [0.3, 0.4) is 0 Å². The van der Waals surface area contributed by atoms with Gasteiger partial charge in [-0.2, -0.15) is 0 Å². The summed E-state index contributed by atoms with van der Waals surface area (Å²) in [5.41, 5.74) is 4.37. The summed E-state index contributed by atoms with van der Waals surface area (Å²) in [4.78, 5) is 17.1. The first-order chi connectivity index (χ1) is 16.2. The van der Waals surface area contributed by atoms with Crippen molar-refractivity contribution in [2.75, 3.05) is 25.2 Å². The van der Waals surface area contributed by atoms with Crippen molar-refractivity contribution < 1.29 is 23.1 Å². The van der Waals surface area contributed by atoms with Gasteiger partial charge in [0.2, 0.25) is 0 Å². The molecule has 2 aliphatic heterocycles. The quantitative estimate of drug-likeness (QED) is 0.562. The normalized spacial score (nSPS) is 24.6. The van der Waals surface area contributed by atoms with Crippen LogP contribution >= 0.6 is 0 Å². The number of aromatic amines is 1. The van der Waals surface area contributed by atoms with Crippen molar-refractivity contribution in [1.82, 2.24) is 9.88 Å². The monoisotopic (exact) mass is 482 g/mol. The van der Waals surface area contributed by atoms with Crippen molar-refractivity contribution in [3.05, 3.63) is 64.8 Å². The Morgan fingerprint density at radius 1 is 1.24 bits per heavy atom. The zero-order valence-electron chi connectivity index (χ0n) is 19.5. The highest BCUT2D eigenvalue weighted by molar-refractivity contribution is 7.91. The van der Waals surface area contributed by atoms with Gasteiger partial charge >= 0.3 is 5.97 Å². The van der Waals surface area contributed by atoms with Crippen LogP contribution in [0.25, 0.3) is 10.9 Å².